The third-order valence-corrected chi connectivity index (χ3v) is 6.60. The molecule has 0 unspecified atom stereocenters. The van der Waals surface area contributed by atoms with Crippen LogP contribution < -0.4 is 9.47 Å². The molecule has 5 heteroatoms. The molecule has 0 aromatic heterocycles. The number of ketones is 1. The van der Waals surface area contributed by atoms with Gasteiger partial charge in [-0.3, -0.25) is 4.79 Å². The Morgan fingerprint density at radius 2 is 1.81 bits per heavy atom. The zero-order chi connectivity index (χ0) is 25.8. The van der Waals surface area contributed by atoms with Crippen LogP contribution in [0.5, 0.6) is 17.2 Å². The number of phenols is 1. The minimum absolute atomic E-state index is 0.00853. The van der Waals surface area contributed by atoms with Crippen LogP contribution in [0.3, 0.4) is 0 Å². The maximum atomic E-state index is 12.9. The summed E-state index contributed by atoms with van der Waals surface area (Å²) in [5, 5.41) is 12.9. The molecule has 0 aliphatic heterocycles. The zero-order valence-electron chi connectivity index (χ0n) is 20.8. The smallest absolute Gasteiger partial charge is 0.189 e. The fourth-order valence-corrected chi connectivity index (χ4v) is 4.30. The van der Waals surface area contributed by atoms with E-state index in [9.17, 15) is 9.90 Å². The number of carbonyl (C=O) groups excluding carboxylic acids is 1. The van der Waals surface area contributed by atoms with Crippen molar-refractivity contribution >= 4 is 34.2 Å². The van der Waals surface area contributed by atoms with Crippen LogP contribution in [0.4, 0.5) is 0 Å². The van der Waals surface area contributed by atoms with E-state index in [4.69, 9.17) is 21.1 Å². The van der Waals surface area contributed by atoms with E-state index < -0.39 is 0 Å². The lowest BCUT2D eigenvalue weighted by Gasteiger charge is -2.17. The topological polar surface area (TPSA) is 55.8 Å². The predicted octanol–water partition coefficient (Wildman–Crippen LogP) is 8.11. The molecule has 36 heavy (non-hydrogen) atoms. The Hall–Kier alpha value is -3.76. The number of ether oxygens (including phenoxy) is 2. The van der Waals surface area contributed by atoms with Gasteiger partial charge in [0.15, 0.2) is 5.78 Å². The number of fused-ring (bicyclic) bond motifs is 1. The third kappa shape index (κ3) is 5.39. The Kier molecular flexibility index (Phi) is 7.66. The molecule has 4 aromatic carbocycles. The molecule has 184 valence electrons. The molecule has 0 amide bonds. The maximum absolute atomic E-state index is 12.9. The van der Waals surface area contributed by atoms with Gasteiger partial charge in [0.1, 0.15) is 23.9 Å². The van der Waals surface area contributed by atoms with Crippen LogP contribution in [0.15, 0.2) is 72.8 Å². The number of benzene rings is 4. The second-order valence-electron chi connectivity index (χ2n) is 9.03. The van der Waals surface area contributed by atoms with Crippen LogP contribution >= 0.6 is 11.6 Å². The molecule has 4 rings (SSSR count). The Bertz CT molecular complexity index is 1450. The van der Waals surface area contributed by atoms with Gasteiger partial charge in [0.2, 0.25) is 0 Å². The van der Waals surface area contributed by atoms with Gasteiger partial charge in [0, 0.05) is 16.0 Å². The van der Waals surface area contributed by atoms with E-state index in [0.29, 0.717) is 17.7 Å². The average Bonchev–Trinajstić information content (AvgIpc) is 2.88. The molecule has 0 fully saturated rings. The van der Waals surface area contributed by atoms with Gasteiger partial charge in [-0.1, -0.05) is 67.9 Å². The number of hydrogen-bond acceptors (Lipinski definition) is 4. The average molecular weight is 501 g/mol. The summed E-state index contributed by atoms with van der Waals surface area (Å²) in [5.41, 5.74) is 3.93. The fourth-order valence-electron chi connectivity index (χ4n) is 4.13. The van der Waals surface area contributed by atoms with Crippen LogP contribution in [0.1, 0.15) is 52.4 Å². The van der Waals surface area contributed by atoms with E-state index >= 15 is 0 Å². The first kappa shape index (κ1) is 25.3. The molecule has 0 aliphatic carbocycles. The third-order valence-electron chi connectivity index (χ3n) is 6.19. The summed E-state index contributed by atoms with van der Waals surface area (Å²) in [6.07, 6.45) is 3.20. The Morgan fingerprint density at radius 1 is 1.03 bits per heavy atom. The zero-order valence-corrected chi connectivity index (χ0v) is 21.6. The van der Waals surface area contributed by atoms with E-state index in [1.165, 1.54) is 6.08 Å². The number of aromatic hydroxyl groups is 1. The standard InChI is InChI=1S/C31H29ClO4/c1-19(2)26-17-27(32)20(3)15-30(26)36-18-23-16-21(10-14-29(23)35-4)9-13-28(33)25-12-11-22-7-5-6-8-24(22)31(25)34/h5-17,19,34H,18H2,1-4H3. The van der Waals surface area contributed by atoms with E-state index in [-0.39, 0.29) is 23.0 Å². The summed E-state index contributed by atoms with van der Waals surface area (Å²) in [5.74, 6) is 1.46. The minimum Gasteiger partial charge on any atom is -0.507 e. The highest BCUT2D eigenvalue weighted by Crippen LogP contribution is 2.33. The van der Waals surface area contributed by atoms with Crippen LogP contribution in [-0.2, 0) is 6.61 Å². The number of methoxy groups -OCH3 is 1. The van der Waals surface area contributed by atoms with Crippen molar-refractivity contribution in [3.63, 3.8) is 0 Å². The summed E-state index contributed by atoms with van der Waals surface area (Å²) in [4.78, 5) is 12.9. The first-order valence-electron chi connectivity index (χ1n) is 11.8. The number of phenolic OH excluding ortho intramolecular Hbond substituents is 1. The molecule has 0 aliphatic rings. The lowest BCUT2D eigenvalue weighted by molar-refractivity contribution is 0.104. The first-order chi connectivity index (χ1) is 17.3. The second-order valence-corrected chi connectivity index (χ2v) is 9.44. The number of halogens is 1. The Morgan fingerprint density at radius 3 is 2.56 bits per heavy atom. The molecule has 0 saturated heterocycles. The number of carbonyl (C=O) groups is 1. The van der Waals surface area contributed by atoms with E-state index in [2.05, 4.69) is 13.8 Å². The van der Waals surface area contributed by atoms with Gasteiger partial charge in [0.25, 0.3) is 0 Å². The van der Waals surface area contributed by atoms with Crippen LogP contribution in [0.2, 0.25) is 5.02 Å². The molecule has 0 spiro atoms. The monoisotopic (exact) mass is 500 g/mol. The van der Waals surface area contributed by atoms with Crippen LogP contribution in [0.25, 0.3) is 16.8 Å². The van der Waals surface area contributed by atoms with Gasteiger partial charge in [-0.2, -0.15) is 0 Å². The highest BCUT2D eigenvalue weighted by atomic mass is 35.5. The molecule has 0 atom stereocenters. The van der Waals surface area contributed by atoms with Crippen molar-refractivity contribution in [2.45, 2.75) is 33.3 Å². The normalized spacial score (nSPS) is 11.4. The van der Waals surface area contributed by atoms with E-state index in [1.807, 2.05) is 61.5 Å². The number of rotatable bonds is 8. The summed E-state index contributed by atoms with van der Waals surface area (Å²) < 4.78 is 11.7. The SMILES string of the molecule is COc1ccc(C=CC(=O)c2ccc3ccccc3c2O)cc1COc1cc(C)c(Cl)cc1C(C)C. The summed E-state index contributed by atoms with van der Waals surface area (Å²) in [6, 6.07) is 20.5. The summed E-state index contributed by atoms with van der Waals surface area (Å²) in [6.45, 7) is 6.45. The largest absolute Gasteiger partial charge is 0.507 e. The van der Waals surface area contributed by atoms with Gasteiger partial charge in [-0.05, 0) is 71.3 Å². The van der Waals surface area contributed by atoms with Crippen molar-refractivity contribution in [1.82, 2.24) is 0 Å². The molecular formula is C31H29ClO4. The lowest BCUT2D eigenvalue weighted by atomic mass is 10.0. The molecule has 0 bridgehead atoms. The molecule has 0 radical (unpaired) electrons. The van der Waals surface area contributed by atoms with Gasteiger partial charge < -0.3 is 14.6 Å². The Balaban J connectivity index is 1.57. The first-order valence-corrected chi connectivity index (χ1v) is 12.2. The summed E-state index contributed by atoms with van der Waals surface area (Å²) >= 11 is 6.33. The predicted molar refractivity (Wildman–Crippen MR) is 147 cm³/mol. The molecule has 0 heterocycles. The van der Waals surface area contributed by atoms with Gasteiger partial charge in [-0.15, -0.1) is 0 Å². The van der Waals surface area contributed by atoms with Gasteiger partial charge in [0.05, 0.1) is 12.7 Å². The summed E-state index contributed by atoms with van der Waals surface area (Å²) in [7, 11) is 1.62. The van der Waals surface area contributed by atoms with Crippen molar-refractivity contribution in [3.8, 4) is 17.2 Å². The van der Waals surface area contributed by atoms with Crippen molar-refractivity contribution < 1.29 is 19.4 Å². The van der Waals surface area contributed by atoms with Crippen molar-refractivity contribution in [2.24, 2.45) is 0 Å². The Labute approximate surface area is 216 Å². The molecule has 0 saturated carbocycles. The lowest BCUT2D eigenvalue weighted by Crippen LogP contribution is -2.03. The number of aryl methyl sites for hydroxylation is 1. The van der Waals surface area contributed by atoms with Crippen molar-refractivity contribution in [3.05, 3.63) is 106 Å². The maximum Gasteiger partial charge on any atom is 0.189 e. The molecule has 4 aromatic rings. The van der Waals surface area contributed by atoms with Crippen LogP contribution in [0, 0.1) is 6.92 Å². The van der Waals surface area contributed by atoms with E-state index in [0.717, 1.165) is 38.4 Å². The molecule has 1 N–H and O–H groups in total. The molecule has 4 nitrogen and oxygen atoms in total. The number of hydrogen-bond donors (Lipinski definition) is 1. The number of allylic oxidation sites excluding steroid dienone is 1. The minimum atomic E-state index is -0.273. The van der Waals surface area contributed by atoms with Gasteiger partial charge in [-0.25, -0.2) is 0 Å². The quantitative estimate of drug-likeness (QED) is 0.196. The second kappa shape index (κ2) is 10.9. The highest BCUT2D eigenvalue weighted by molar-refractivity contribution is 6.31. The molecular weight excluding hydrogens is 472 g/mol. The van der Waals surface area contributed by atoms with Gasteiger partial charge >= 0.3 is 0 Å². The van der Waals surface area contributed by atoms with E-state index in [1.54, 1.807) is 25.3 Å². The van der Waals surface area contributed by atoms with Crippen molar-refractivity contribution in [2.75, 3.05) is 7.11 Å². The van der Waals surface area contributed by atoms with Crippen LogP contribution in [-0.4, -0.2) is 18.0 Å². The van der Waals surface area contributed by atoms with Crippen molar-refractivity contribution in [1.29, 1.82) is 0 Å². The highest BCUT2D eigenvalue weighted by Gasteiger charge is 2.14. The fraction of sp³-hybridized carbons (Fsp3) is 0.194.